The minimum atomic E-state index is -0.193. The third kappa shape index (κ3) is 5.34. The lowest BCUT2D eigenvalue weighted by atomic mass is 9.92. The van der Waals surface area contributed by atoms with Gasteiger partial charge in [0.1, 0.15) is 0 Å². The van der Waals surface area contributed by atoms with Crippen LogP contribution in [0.4, 0.5) is 5.69 Å². The van der Waals surface area contributed by atoms with Gasteiger partial charge >= 0.3 is 0 Å². The van der Waals surface area contributed by atoms with Crippen LogP contribution in [0.5, 0.6) is 0 Å². The minimum absolute atomic E-state index is 0.00551. The van der Waals surface area contributed by atoms with Crippen molar-refractivity contribution >= 4 is 17.5 Å². The topological polar surface area (TPSA) is 61.4 Å². The molecule has 1 aromatic rings. The van der Waals surface area contributed by atoms with Crippen molar-refractivity contribution in [2.24, 2.45) is 11.8 Å². The quantitative estimate of drug-likeness (QED) is 0.870. The lowest BCUT2D eigenvalue weighted by Crippen LogP contribution is -2.45. The number of carbonyl (C=O) groups is 2. The summed E-state index contributed by atoms with van der Waals surface area (Å²) < 4.78 is 0. The van der Waals surface area contributed by atoms with Gasteiger partial charge in [-0.15, -0.1) is 0 Å². The van der Waals surface area contributed by atoms with E-state index in [1.54, 1.807) is 0 Å². The highest BCUT2D eigenvalue weighted by molar-refractivity contribution is 5.95. The molecule has 5 heteroatoms. The molecule has 1 aromatic carbocycles. The number of amides is 2. The Bertz CT molecular complexity index is 570. The van der Waals surface area contributed by atoms with Crippen LogP contribution >= 0.6 is 0 Å². The van der Waals surface area contributed by atoms with Gasteiger partial charge in [-0.3, -0.25) is 14.5 Å². The van der Waals surface area contributed by atoms with Crippen molar-refractivity contribution in [3.63, 3.8) is 0 Å². The zero-order chi connectivity index (χ0) is 17.7. The van der Waals surface area contributed by atoms with E-state index in [0.717, 1.165) is 29.9 Å². The molecular weight excluding hydrogens is 302 g/mol. The highest BCUT2D eigenvalue weighted by Gasteiger charge is 2.23. The molecule has 24 heavy (non-hydrogen) atoms. The van der Waals surface area contributed by atoms with Crippen LogP contribution in [0.15, 0.2) is 18.2 Å². The highest BCUT2D eigenvalue weighted by atomic mass is 16.2. The van der Waals surface area contributed by atoms with Crippen molar-refractivity contribution in [3.8, 4) is 0 Å². The summed E-state index contributed by atoms with van der Waals surface area (Å²) in [6, 6.07) is 5.88. The number of nitrogens with one attached hydrogen (secondary N) is 2. The Kier molecular flexibility index (Phi) is 6.37. The maximum Gasteiger partial charge on any atom is 0.243 e. The van der Waals surface area contributed by atoms with Gasteiger partial charge in [0.2, 0.25) is 11.8 Å². The Hall–Kier alpha value is -1.88. The Morgan fingerprint density at radius 3 is 2.25 bits per heavy atom. The van der Waals surface area contributed by atoms with Crippen LogP contribution in [0.3, 0.4) is 0 Å². The van der Waals surface area contributed by atoms with Crippen LogP contribution in [-0.2, 0) is 9.59 Å². The SMILES string of the molecule is Cc1cccc(C)c1NC(=O)CNC(=O)CN1C[C@@H](C)C[C@H](C)C1. The predicted octanol–water partition coefficient (Wildman–Crippen LogP) is 2.34. The van der Waals surface area contributed by atoms with Crippen molar-refractivity contribution in [2.45, 2.75) is 34.1 Å². The van der Waals surface area contributed by atoms with Crippen LogP contribution in [0.2, 0.25) is 0 Å². The third-order valence-electron chi connectivity index (χ3n) is 4.50. The van der Waals surface area contributed by atoms with Gasteiger partial charge in [-0.2, -0.15) is 0 Å². The standard InChI is InChI=1S/C19H29N3O2/c1-13-8-14(2)11-22(10-13)12-18(24)20-9-17(23)21-19-15(3)6-5-7-16(19)4/h5-7,13-14H,8-12H2,1-4H3,(H,20,24)(H,21,23)/t13-,14-/m0/s1. The van der Waals surface area contributed by atoms with E-state index in [2.05, 4.69) is 29.4 Å². The number of piperidine rings is 1. The predicted molar refractivity (Wildman–Crippen MR) is 96.9 cm³/mol. The number of rotatable bonds is 5. The first-order valence-corrected chi connectivity index (χ1v) is 8.70. The van der Waals surface area contributed by atoms with Gasteiger partial charge in [0.25, 0.3) is 0 Å². The minimum Gasteiger partial charge on any atom is -0.346 e. The molecule has 1 heterocycles. The first-order valence-electron chi connectivity index (χ1n) is 8.70. The maximum atomic E-state index is 12.1. The molecule has 2 N–H and O–H groups in total. The number of para-hydroxylation sites is 1. The summed E-state index contributed by atoms with van der Waals surface area (Å²) in [4.78, 5) is 26.3. The average Bonchev–Trinajstić information content (AvgIpc) is 2.48. The van der Waals surface area contributed by atoms with Gasteiger partial charge in [0.05, 0.1) is 13.1 Å². The molecule has 0 bridgehead atoms. The number of likely N-dealkylation sites (tertiary alicyclic amines) is 1. The van der Waals surface area contributed by atoms with Gasteiger partial charge in [0.15, 0.2) is 0 Å². The van der Waals surface area contributed by atoms with Crippen LogP contribution in [-0.4, -0.2) is 42.9 Å². The molecular formula is C19H29N3O2. The normalized spacial score (nSPS) is 21.3. The smallest absolute Gasteiger partial charge is 0.243 e. The molecule has 2 amide bonds. The van der Waals surface area contributed by atoms with Gasteiger partial charge in [0, 0.05) is 18.8 Å². The van der Waals surface area contributed by atoms with Crippen molar-refractivity contribution < 1.29 is 9.59 Å². The van der Waals surface area contributed by atoms with E-state index in [-0.39, 0.29) is 18.4 Å². The Balaban J connectivity index is 1.78. The van der Waals surface area contributed by atoms with Gasteiger partial charge < -0.3 is 10.6 Å². The third-order valence-corrected chi connectivity index (χ3v) is 4.50. The Labute approximate surface area is 144 Å². The summed E-state index contributed by atoms with van der Waals surface area (Å²) in [6.07, 6.45) is 1.22. The zero-order valence-electron chi connectivity index (χ0n) is 15.2. The van der Waals surface area contributed by atoms with Crippen LogP contribution in [0, 0.1) is 25.7 Å². The van der Waals surface area contributed by atoms with E-state index in [1.807, 2.05) is 32.0 Å². The first kappa shape index (κ1) is 18.5. The van der Waals surface area contributed by atoms with Gasteiger partial charge in [-0.05, 0) is 43.2 Å². The molecule has 1 fully saturated rings. The molecule has 2 rings (SSSR count). The molecule has 1 aliphatic heterocycles. The number of nitrogens with zero attached hydrogens (tertiary/aromatic N) is 1. The summed E-state index contributed by atoms with van der Waals surface area (Å²) >= 11 is 0. The molecule has 0 aromatic heterocycles. The number of benzene rings is 1. The van der Waals surface area contributed by atoms with E-state index in [4.69, 9.17) is 0 Å². The van der Waals surface area contributed by atoms with Crippen molar-refractivity contribution in [1.82, 2.24) is 10.2 Å². The fourth-order valence-electron chi connectivity index (χ4n) is 3.55. The number of carbonyl (C=O) groups excluding carboxylic acids is 2. The summed E-state index contributed by atoms with van der Waals surface area (Å²) in [5.74, 6) is 0.955. The zero-order valence-corrected chi connectivity index (χ0v) is 15.2. The van der Waals surface area contributed by atoms with Crippen molar-refractivity contribution in [2.75, 3.05) is 31.5 Å². The number of hydrogen-bond acceptors (Lipinski definition) is 3. The van der Waals surface area contributed by atoms with Crippen LogP contribution in [0.25, 0.3) is 0 Å². The fraction of sp³-hybridized carbons (Fsp3) is 0.579. The fourth-order valence-corrected chi connectivity index (χ4v) is 3.55. The van der Waals surface area contributed by atoms with E-state index < -0.39 is 0 Å². The van der Waals surface area contributed by atoms with Crippen molar-refractivity contribution in [1.29, 1.82) is 0 Å². The second kappa shape index (κ2) is 8.29. The van der Waals surface area contributed by atoms with Gasteiger partial charge in [-0.25, -0.2) is 0 Å². The lowest BCUT2D eigenvalue weighted by molar-refractivity contribution is -0.125. The average molecular weight is 331 g/mol. The summed E-state index contributed by atoms with van der Waals surface area (Å²) in [5, 5.41) is 5.61. The molecule has 0 spiro atoms. The number of anilines is 1. The molecule has 0 unspecified atom stereocenters. The van der Waals surface area contributed by atoms with Crippen molar-refractivity contribution in [3.05, 3.63) is 29.3 Å². The molecule has 0 saturated carbocycles. The molecule has 0 aliphatic carbocycles. The molecule has 0 radical (unpaired) electrons. The highest BCUT2D eigenvalue weighted by Crippen LogP contribution is 2.20. The maximum absolute atomic E-state index is 12.1. The van der Waals surface area contributed by atoms with E-state index in [0.29, 0.717) is 18.4 Å². The molecule has 1 saturated heterocycles. The van der Waals surface area contributed by atoms with Crippen LogP contribution in [0.1, 0.15) is 31.4 Å². The Morgan fingerprint density at radius 1 is 1.08 bits per heavy atom. The Morgan fingerprint density at radius 2 is 1.67 bits per heavy atom. The summed E-state index contributed by atoms with van der Waals surface area (Å²) in [7, 11) is 0. The monoisotopic (exact) mass is 331 g/mol. The van der Waals surface area contributed by atoms with Crippen LogP contribution < -0.4 is 10.6 Å². The summed E-state index contributed by atoms with van der Waals surface area (Å²) in [5.41, 5.74) is 2.87. The summed E-state index contributed by atoms with van der Waals surface area (Å²) in [6.45, 7) is 10.6. The van der Waals surface area contributed by atoms with E-state index in [9.17, 15) is 9.59 Å². The first-order chi connectivity index (χ1) is 11.3. The number of hydrogen-bond donors (Lipinski definition) is 2. The molecule has 5 nitrogen and oxygen atoms in total. The molecule has 2 atom stereocenters. The van der Waals surface area contributed by atoms with E-state index in [1.165, 1.54) is 6.42 Å². The second-order valence-electron chi connectivity index (χ2n) is 7.23. The van der Waals surface area contributed by atoms with E-state index >= 15 is 0 Å². The molecule has 132 valence electrons. The largest absolute Gasteiger partial charge is 0.346 e. The second-order valence-corrected chi connectivity index (χ2v) is 7.23. The lowest BCUT2D eigenvalue weighted by Gasteiger charge is -2.34. The number of aryl methyl sites for hydroxylation is 2. The molecule has 1 aliphatic rings. The van der Waals surface area contributed by atoms with Gasteiger partial charge in [-0.1, -0.05) is 32.0 Å².